The Kier molecular flexibility index (Phi) is 4.74. The van der Waals surface area contributed by atoms with Crippen LogP contribution in [0.5, 0.6) is 0 Å². The van der Waals surface area contributed by atoms with Gasteiger partial charge in [-0.1, -0.05) is 37.1 Å². The number of methoxy groups -OCH3 is 1. The number of ether oxygens (including phenoxy) is 1. The second kappa shape index (κ2) is 5.85. The minimum Gasteiger partial charge on any atom is -0.468 e. The molecule has 3 heteroatoms. The summed E-state index contributed by atoms with van der Waals surface area (Å²) in [6.45, 7) is 4.40. The highest BCUT2D eigenvalue weighted by Crippen LogP contribution is 2.26. The van der Waals surface area contributed by atoms with Crippen LogP contribution in [0.15, 0.2) is 23.3 Å². The zero-order chi connectivity index (χ0) is 12.1. The Balaban J connectivity index is 2.55. The first-order chi connectivity index (χ1) is 7.54. The number of allylic oxidation sites excluding steroid dienone is 3. The first-order valence-corrected chi connectivity index (χ1v) is 5.76. The van der Waals surface area contributed by atoms with Crippen LogP contribution in [0.3, 0.4) is 0 Å². The fourth-order valence-electron chi connectivity index (χ4n) is 1.86. The van der Waals surface area contributed by atoms with Crippen molar-refractivity contribution in [3.63, 3.8) is 0 Å². The van der Waals surface area contributed by atoms with E-state index in [2.05, 4.69) is 30.7 Å². The molecule has 0 heterocycles. The number of hydrogen-bond donors (Lipinski definition) is 1. The zero-order valence-corrected chi connectivity index (χ0v) is 10.3. The van der Waals surface area contributed by atoms with Gasteiger partial charge in [0.15, 0.2) is 0 Å². The number of rotatable bonds is 4. The van der Waals surface area contributed by atoms with E-state index in [-0.39, 0.29) is 5.97 Å². The van der Waals surface area contributed by atoms with E-state index < -0.39 is 6.04 Å². The van der Waals surface area contributed by atoms with Crippen molar-refractivity contribution >= 4 is 5.97 Å². The van der Waals surface area contributed by atoms with Crippen molar-refractivity contribution in [1.82, 2.24) is 0 Å². The Morgan fingerprint density at radius 2 is 2.12 bits per heavy atom. The third-order valence-electron chi connectivity index (χ3n) is 3.00. The summed E-state index contributed by atoms with van der Waals surface area (Å²) in [5.41, 5.74) is 8.42. The first-order valence-electron chi connectivity index (χ1n) is 5.76. The van der Waals surface area contributed by atoms with Crippen LogP contribution in [0, 0.1) is 5.92 Å². The summed E-state index contributed by atoms with van der Waals surface area (Å²) in [4.78, 5) is 11.2. The lowest BCUT2D eigenvalue weighted by Gasteiger charge is -2.18. The standard InChI is InChI=1S/C13H21NO2/c1-9(2)11-6-4-10(5-7-11)8-12(14)13(15)16-3/h4,6,9,12H,5,7-8,14H2,1-3H3/t12-/m0/s1. The van der Waals surface area contributed by atoms with E-state index in [1.807, 2.05) is 0 Å². The maximum absolute atomic E-state index is 11.2. The highest BCUT2D eigenvalue weighted by molar-refractivity contribution is 5.75. The number of carbonyl (C=O) groups excluding carboxylic acids is 1. The molecule has 90 valence electrons. The Morgan fingerprint density at radius 3 is 2.56 bits per heavy atom. The number of esters is 1. The summed E-state index contributed by atoms with van der Waals surface area (Å²) in [5.74, 6) is 0.270. The molecule has 0 saturated heterocycles. The molecule has 0 fully saturated rings. The molecule has 0 bridgehead atoms. The van der Waals surface area contributed by atoms with Crippen molar-refractivity contribution in [3.05, 3.63) is 23.3 Å². The van der Waals surface area contributed by atoms with Crippen molar-refractivity contribution in [2.24, 2.45) is 11.7 Å². The van der Waals surface area contributed by atoms with Crippen molar-refractivity contribution in [3.8, 4) is 0 Å². The number of hydrogen-bond acceptors (Lipinski definition) is 3. The SMILES string of the molecule is COC(=O)[C@@H](N)CC1=CC=C(C(C)C)CC1. The van der Waals surface area contributed by atoms with Gasteiger partial charge in [0.05, 0.1) is 7.11 Å². The van der Waals surface area contributed by atoms with Gasteiger partial charge in [0.25, 0.3) is 0 Å². The van der Waals surface area contributed by atoms with E-state index in [0.717, 1.165) is 12.8 Å². The van der Waals surface area contributed by atoms with Crippen LogP contribution in [-0.2, 0) is 9.53 Å². The monoisotopic (exact) mass is 223 g/mol. The minimum atomic E-state index is -0.523. The van der Waals surface area contributed by atoms with Gasteiger partial charge >= 0.3 is 5.97 Å². The molecule has 0 aliphatic heterocycles. The van der Waals surface area contributed by atoms with Gasteiger partial charge in [-0.3, -0.25) is 4.79 Å². The average molecular weight is 223 g/mol. The summed E-state index contributed by atoms with van der Waals surface area (Å²) >= 11 is 0. The first kappa shape index (κ1) is 13.0. The summed E-state index contributed by atoms with van der Waals surface area (Å²) in [6.07, 6.45) is 6.95. The summed E-state index contributed by atoms with van der Waals surface area (Å²) in [7, 11) is 1.37. The van der Waals surface area contributed by atoms with Crippen LogP contribution in [0.4, 0.5) is 0 Å². The normalized spacial score (nSPS) is 17.8. The largest absolute Gasteiger partial charge is 0.468 e. The molecule has 0 amide bonds. The predicted molar refractivity (Wildman–Crippen MR) is 64.8 cm³/mol. The van der Waals surface area contributed by atoms with Gasteiger partial charge in [0.1, 0.15) is 6.04 Å². The van der Waals surface area contributed by atoms with Crippen LogP contribution in [0.2, 0.25) is 0 Å². The van der Waals surface area contributed by atoms with E-state index in [0.29, 0.717) is 12.3 Å². The molecule has 16 heavy (non-hydrogen) atoms. The van der Waals surface area contributed by atoms with Crippen molar-refractivity contribution < 1.29 is 9.53 Å². The minimum absolute atomic E-state index is 0.334. The van der Waals surface area contributed by atoms with Gasteiger partial charge < -0.3 is 10.5 Å². The lowest BCUT2D eigenvalue weighted by Crippen LogP contribution is -2.32. The van der Waals surface area contributed by atoms with E-state index in [1.165, 1.54) is 18.3 Å². The Labute approximate surface area is 97.3 Å². The van der Waals surface area contributed by atoms with Gasteiger partial charge in [-0.05, 0) is 25.2 Å². The fraction of sp³-hybridized carbons (Fsp3) is 0.615. The molecule has 0 radical (unpaired) electrons. The zero-order valence-electron chi connectivity index (χ0n) is 10.3. The van der Waals surface area contributed by atoms with Gasteiger partial charge in [0, 0.05) is 0 Å². The number of nitrogens with two attached hydrogens (primary N) is 1. The van der Waals surface area contributed by atoms with Crippen molar-refractivity contribution in [1.29, 1.82) is 0 Å². The van der Waals surface area contributed by atoms with Crippen LogP contribution >= 0.6 is 0 Å². The molecule has 0 aromatic carbocycles. The Hall–Kier alpha value is -1.09. The topological polar surface area (TPSA) is 52.3 Å². The quantitative estimate of drug-likeness (QED) is 0.743. The van der Waals surface area contributed by atoms with E-state index in [9.17, 15) is 4.79 Å². The number of carbonyl (C=O) groups is 1. The summed E-state index contributed by atoms with van der Waals surface area (Å²) < 4.78 is 4.61. The van der Waals surface area contributed by atoms with Crippen LogP contribution in [0.1, 0.15) is 33.1 Å². The van der Waals surface area contributed by atoms with Crippen LogP contribution in [0.25, 0.3) is 0 Å². The third-order valence-corrected chi connectivity index (χ3v) is 3.00. The molecule has 1 aliphatic carbocycles. The third kappa shape index (κ3) is 3.49. The molecule has 0 aromatic heterocycles. The molecule has 0 aromatic rings. The summed E-state index contributed by atoms with van der Waals surface area (Å²) in [5, 5.41) is 0. The van der Waals surface area contributed by atoms with E-state index >= 15 is 0 Å². The predicted octanol–water partition coefficient (Wildman–Crippen LogP) is 2.18. The molecule has 0 saturated carbocycles. The highest BCUT2D eigenvalue weighted by Gasteiger charge is 2.17. The van der Waals surface area contributed by atoms with Gasteiger partial charge in [-0.25, -0.2) is 0 Å². The molecule has 1 aliphatic rings. The summed E-state index contributed by atoms with van der Waals surface area (Å²) in [6, 6.07) is -0.523. The molecular weight excluding hydrogens is 202 g/mol. The molecule has 0 spiro atoms. The molecule has 2 N–H and O–H groups in total. The lowest BCUT2D eigenvalue weighted by atomic mass is 9.89. The second-order valence-corrected chi connectivity index (χ2v) is 4.55. The molecule has 3 nitrogen and oxygen atoms in total. The van der Waals surface area contributed by atoms with Crippen LogP contribution < -0.4 is 5.73 Å². The molecular formula is C13H21NO2. The van der Waals surface area contributed by atoms with Gasteiger partial charge in [0.2, 0.25) is 0 Å². The molecule has 1 rings (SSSR count). The molecule has 0 unspecified atom stereocenters. The van der Waals surface area contributed by atoms with Crippen molar-refractivity contribution in [2.75, 3.05) is 7.11 Å². The van der Waals surface area contributed by atoms with Crippen molar-refractivity contribution in [2.45, 2.75) is 39.2 Å². The average Bonchev–Trinajstić information content (AvgIpc) is 2.28. The highest BCUT2D eigenvalue weighted by atomic mass is 16.5. The van der Waals surface area contributed by atoms with Gasteiger partial charge in [-0.2, -0.15) is 0 Å². The lowest BCUT2D eigenvalue weighted by molar-refractivity contribution is -0.142. The Morgan fingerprint density at radius 1 is 1.44 bits per heavy atom. The Bertz CT molecular complexity index is 316. The maximum atomic E-state index is 11.2. The fourth-order valence-corrected chi connectivity index (χ4v) is 1.86. The maximum Gasteiger partial charge on any atom is 0.322 e. The van der Waals surface area contributed by atoms with Gasteiger partial charge in [-0.15, -0.1) is 0 Å². The smallest absolute Gasteiger partial charge is 0.322 e. The van der Waals surface area contributed by atoms with Crippen LogP contribution in [-0.4, -0.2) is 19.1 Å². The molecule has 1 atom stereocenters. The van der Waals surface area contributed by atoms with E-state index in [1.54, 1.807) is 0 Å². The second-order valence-electron chi connectivity index (χ2n) is 4.55. The van der Waals surface area contributed by atoms with E-state index in [4.69, 9.17) is 5.73 Å².